The first-order chi connectivity index (χ1) is 8.49. The quantitative estimate of drug-likeness (QED) is 0.899. The maximum absolute atomic E-state index is 6.19. The van der Waals surface area contributed by atoms with E-state index in [1.54, 1.807) is 0 Å². The van der Waals surface area contributed by atoms with Gasteiger partial charge in [-0.15, -0.1) is 11.8 Å². The molecule has 1 aliphatic rings. The molecule has 1 heterocycles. The molecule has 0 radical (unpaired) electrons. The van der Waals surface area contributed by atoms with E-state index in [9.17, 15) is 0 Å². The predicted molar refractivity (Wildman–Crippen MR) is 79.0 cm³/mol. The zero-order valence-corrected chi connectivity index (χ0v) is 12.8. The lowest BCUT2D eigenvalue weighted by Gasteiger charge is -2.26. The van der Waals surface area contributed by atoms with Crippen LogP contribution in [0.4, 0.5) is 5.69 Å². The molecule has 2 atom stereocenters. The number of nitrogen functional groups attached to an aromatic ring is 1. The minimum atomic E-state index is 0.379. The molecule has 0 spiro atoms. The molecule has 0 amide bonds. The van der Waals surface area contributed by atoms with Crippen LogP contribution in [0, 0.1) is 12.8 Å². The van der Waals surface area contributed by atoms with E-state index in [2.05, 4.69) is 30.6 Å². The van der Waals surface area contributed by atoms with Gasteiger partial charge in [0.15, 0.2) is 0 Å². The van der Waals surface area contributed by atoms with Crippen molar-refractivity contribution in [3.8, 4) is 0 Å². The van der Waals surface area contributed by atoms with E-state index in [0.29, 0.717) is 11.3 Å². The molecule has 2 unspecified atom stereocenters. The van der Waals surface area contributed by atoms with E-state index in [1.165, 1.54) is 30.7 Å². The van der Waals surface area contributed by atoms with E-state index in [-0.39, 0.29) is 0 Å². The summed E-state index contributed by atoms with van der Waals surface area (Å²) in [5.74, 6) is 0.856. The molecule has 0 aromatic carbocycles. The summed E-state index contributed by atoms with van der Waals surface area (Å²) in [4.78, 5) is 0. The molecule has 0 saturated heterocycles. The molecule has 1 aliphatic carbocycles. The summed E-state index contributed by atoms with van der Waals surface area (Å²) in [6, 6.07) is 0.379. The number of anilines is 1. The summed E-state index contributed by atoms with van der Waals surface area (Å²) in [5.41, 5.74) is 8.04. The van der Waals surface area contributed by atoms with Crippen LogP contribution < -0.4 is 5.73 Å². The van der Waals surface area contributed by atoms with Crippen molar-refractivity contribution in [3.05, 3.63) is 5.69 Å². The summed E-state index contributed by atoms with van der Waals surface area (Å²) in [7, 11) is 0. The van der Waals surface area contributed by atoms with Gasteiger partial charge in [-0.3, -0.25) is 4.68 Å². The van der Waals surface area contributed by atoms with Crippen LogP contribution in [0.2, 0.25) is 0 Å². The number of nitrogens with two attached hydrogens (primary N) is 1. The molecular weight excluding hydrogens is 242 g/mol. The third-order valence-electron chi connectivity index (χ3n) is 3.74. The first-order valence-electron chi connectivity index (χ1n) is 7.00. The van der Waals surface area contributed by atoms with Crippen molar-refractivity contribution in [2.45, 2.75) is 69.7 Å². The fourth-order valence-corrected chi connectivity index (χ4v) is 4.31. The second kappa shape index (κ2) is 5.55. The van der Waals surface area contributed by atoms with Gasteiger partial charge < -0.3 is 5.73 Å². The highest BCUT2D eigenvalue weighted by atomic mass is 32.2. The lowest BCUT2D eigenvalue weighted by molar-refractivity contribution is 0.393. The highest BCUT2D eigenvalue weighted by Crippen LogP contribution is 2.39. The lowest BCUT2D eigenvalue weighted by Crippen LogP contribution is -2.16. The summed E-state index contributed by atoms with van der Waals surface area (Å²) in [6.07, 6.45) is 5.37. The molecule has 2 N–H and O–H groups in total. The Bertz CT molecular complexity index is 411. The van der Waals surface area contributed by atoms with Crippen molar-refractivity contribution >= 4 is 17.4 Å². The first-order valence-corrected chi connectivity index (χ1v) is 7.88. The van der Waals surface area contributed by atoms with Crippen LogP contribution in [-0.4, -0.2) is 15.0 Å². The third kappa shape index (κ3) is 2.85. The van der Waals surface area contributed by atoms with E-state index in [1.807, 2.05) is 18.7 Å². The molecule has 2 rings (SSSR count). The smallest absolute Gasteiger partial charge is 0.118 e. The van der Waals surface area contributed by atoms with E-state index < -0.39 is 0 Å². The van der Waals surface area contributed by atoms with Crippen LogP contribution in [0.5, 0.6) is 0 Å². The summed E-state index contributed by atoms with van der Waals surface area (Å²) >= 11 is 1.95. The Morgan fingerprint density at radius 2 is 2.11 bits per heavy atom. The van der Waals surface area contributed by atoms with Crippen LogP contribution in [0.15, 0.2) is 5.03 Å². The summed E-state index contributed by atoms with van der Waals surface area (Å²) < 4.78 is 2.09. The van der Waals surface area contributed by atoms with Crippen molar-refractivity contribution in [2.24, 2.45) is 5.92 Å². The fraction of sp³-hybridized carbons (Fsp3) is 0.786. The van der Waals surface area contributed by atoms with E-state index in [0.717, 1.165) is 17.3 Å². The van der Waals surface area contributed by atoms with Crippen LogP contribution in [0.1, 0.15) is 58.2 Å². The number of rotatable bonds is 3. The van der Waals surface area contributed by atoms with Crippen molar-refractivity contribution in [1.29, 1.82) is 0 Å². The van der Waals surface area contributed by atoms with Crippen molar-refractivity contribution in [3.63, 3.8) is 0 Å². The Balaban J connectivity index is 2.17. The third-order valence-corrected chi connectivity index (χ3v) is 5.13. The van der Waals surface area contributed by atoms with Crippen LogP contribution in [0.3, 0.4) is 0 Å². The van der Waals surface area contributed by atoms with Gasteiger partial charge in [0.05, 0.1) is 11.4 Å². The minimum Gasteiger partial charge on any atom is -0.395 e. The molecule has 18 heavy (non-hydrogen) atoms. The van der Waals surface area contributed by atoms with Gasteiger partial charge in [0.1, 0.15) is 5.03 Å². The highest BCUT2D eigenvalue weighted by molar-refractivity contribution is 8.00. The van der Waals surface area contributed by atoms with Crippen LogP contribution in [-0.2, 0) is 0 Å². The minimum absolute atomic E-state index is 0.379. The van der Waals surface area contributed by atoms with Gasteiger partial charge in [-0.2, -0.15) is 5.10 Å². The van der Waals surface area contributed by atoms with E-state index in [4.69, 9.17) is 5.73 Å². The van der Waals surface area contributed by atoms with Gasteiger partial charge in [0, 0.05) is 11.3 Å². The van der Waals surface area contributed by atoms with Gasteiger partial charge in [-0.25, -0.2) is 0 Å². The fourth-order valence-electron chi connectivity index (χ4n) is 2.65. The Hall–Kier alpha value is -0.640. The molecule has 1 aromatic heterocycles. The summed E-state index contributed by atoms with van der Waals surface area (Å²) in [5, 5.41) is 6.46. The molecule has 1 saturated carbocycles. The normalized spacial score (nSPS) is 24.7. The topological polar surface area (TPSA) is 43.8 Å². The van der Waals surface area contributed by atoms with Crippen molar-refractivity contribution in [2.75, 3.05) is 5.73 Å². The standard InChI is InChI=1S/C14H25N3S/c1-9(2)17-14(13(15)11(4)16-17)18-12-7-5-6-10(3)8-12/h9-10,12H,5-8,15H2,1-4H3. The van der Waals surface area contributed by atoms with Crippen molar-refractivity contribution in [1.82, 2.24) is 9.78 Å². The van der Waals surface area contributed by atoms with Gasteiger partial charge in [-0.1, -0.05) is 19.8 Å². The van der Waals surface area contributed by atoms with Crippen LogP contribution >= 0.6 is 11.8 Å². The van der Waals surface area contributed by atoms with Gasteiger partial charge in [0.2, 0.25) is 0 Å². The average molecular weight is 267 g/mol. The lowest BCUT2D eigenvalue weighted by atomic mass is 9.91. The van der Waals surface area contributed by atoms with E-state index >= 15 is 0 Å². The maximum atomic E-state index is 6.19. The Morgan fingerprint density at radius 3 is 2.72 bits per heavy atom. The number of aromatic nitrogens is 2. The molecular formula is C14H25N3S. The molecule has 1 fully saturated rings. The zero-order chi connectivity index (χ0) is 13.3. The molecule has 0 bridgehead atoms. The Labute approximate surface area is 115 Å². The highest BCUT2D eigenvalue weighted by Gasteiger charge is 2.24. The maximum Gasteiger partial charge on any atom is 0.118 e. The van der Waals surface area contributed by atoms with Gasteiger partial charge in [-0.05, 0) is 39.5 Å². The second-order valence-electron chi connectivity index (χ2n) is 5.85. The number of aryl methyl sites for hydroxylation is 1. The molecule has 3 nitrogen and oxygen atoms in total. The second-order valence-corrected chi connectivity index (χ2v) is 7.14. The monoisotopic (exact) mass is 267 g/mol. The Morgan fingerprint density at radius 1 is 1.39 bits per heavy atom. The summed E-state index contributed by atoms with van der Waals surface area (Å²) in [6.45, 7) is 8.70. The largest absolute Gasteiger partial charge is 0.395 e. The first kappa shape index (κ1) is 13.8. The number of hydrogen-bond acceptors (Lipinski definition) is 3. The van der Waals surface area contributed by atoms with Crippen molar-refractivity contribution < 1.29 is 0 Å². The van der Waals surface area contributed by atoms with Crippen LogP contribution in [0.25, 0.3) is 0 Å². The predicted octanol–water partition coefficient (Wildman–Crippen LogP) is 4.03. The number of thioether (sulfide) groups is 1. The van der Waals surface area contributed by atoms with Gasteiger partial charge >= 0.3 is 0 Å². The molecule has 1 aromatic rings. The Kier molecular flexibility index (Phi) is 4.25. The zero-order valence-electron chi connectivity index (χ0n) is 11.9. The van der Waals surface area contributed by atoms with Gasteiger partial charge in [0.25, 0.3) is 0 Å². The molecule has 4 heteroatoms. The number of hydrogen-bond donors (Lipinski definition) is 1. The SMILES string of the molecule is Cc1nn(C(C)C)c(SC2CCCC(C)C2)c1N. The molecule has 102 valence electrons. The molecule has 0 aliphatic heterocycles. The average Bonchev–Trinajstić information content (AvgIpc) is 2.57. The number of nitrogens with zero attached hydrogens (tertiary/aromatic N) is 2.